The molecule has 1 aliphatic rings. The molecular weight excluding hydrogens is 359 g/mol. The van der Waals surface area contributed by atoms with Crippen molar-refractivity contribution in [2.75, 3.05) is 20.6 Å². The molecule has 0 aromatic heterocycles. The molecular formula is C15H14Cl2N2O5. The number of carbonyl (C=O) groups is 4. The number of halogens is 2. The van der Waals surface area contributed by atoms with Gasteiger partial charge in [-0.05, 0) is 19.1 Å². The quantitative estimate of drug-likeness (QED) is 0.592. The lowest BCUT2D eigenvalue weighted by atomic mass is 10.1. The Bertz CT molecular complexity index is 707. The Labute approximate surface area is 148 Å². The van der Waals surface area contributed by atoms with Crippen LogP contribution >= 0.6 is 23.2 Å². The third kappa shape index (κ3) is 3.37. The molecule has 0 bridgehead atoms. The van der Waals surface area contributed by atoms with Gasteiger partial charge in [0.15, 0.2) is 6.10 Å². The number of esters is 1. The van der Waals surface area contributed by atoms with E-state index in [1.807, 2.05) is 0 Å². The number of amides is 3. The van der Waals surface area contributed by atoms with E-state index >= 15 is 0 Å². The van der Waals surface area contributed by atoms with Gasteiger partial charge in [-0.3, -0.25) is 24.1 Å². The number of carbonyl (C=O) groups excluding carboxylic acids is 4. The van der Waals surface area contributed by atoms with Gasteiger partial charge < -0.3 is 9.64 Å². The fourth-order valence-corrected chi connectivity index (χ4v) is 2.53. The van der Waals surface area contributed by atoms with Gasteiger partial charge in [0.2, 0.25) is 0 Å². The number of hydrogen-bond donors (Lipinski definition) is 0. The van der Waals surface area contributed by atoms with Crippen molar-refractivity contribution in [2.24, 2.45) is 0 Å². The summed E-state index contributed by atoms with van der Waals surface area (Å²) in [6.07, 6.45) is -1.02. The van der Waals surface area contributed by atoms with E-state index in [0.717, 1.165) is 4.90 Å². The van der Waals surface area contributed by atoms with Crippen molar-refractivity contribution in [3.63, 3.8) is 0 Å². The van der Waals surface area contributed by atoms with Gasteiger partial charge in [0.1, 0.15) is 6.54 Å². The third-order valence-electron chi connectivity index (χ3n) is 3.40. The summed E-state index contributed by atoms with van der Waals surface area (Å²) in [4.78, 5) is 50.1. The van der Waals surface area contributed by atoms with Gasteiger partial charge in [-0.1, -0.05) is 23.2 Å². The van der Waals surface area contributed by atoms with Crippen molar-refractivity contribution in [3.8, 4) is 0 Å². The van der Waals surface area contributed by atoms with Crippen LogP contribution in [0.1, 0.15) is 27.6 Å². The maximum atomic E-state index is 12.3. The summed E-state index contributed by atoms with van der Waals surface area (Å²) in [6, 6.07) is 2.56. The summed E-state index contributed by atoms with van der Waals surface area (Å²) < 4.78 is 4.95. The van der Waals surface area contributed by atoms with E-state index < -0.39 is 36.3 Å². The first-order valence-electron chi connectivity index (χ1n) is 6.89. The number of benzene rings is 1. The normalized spacial score (nSPS) is 14.5. The van der Waals surface area contributed by atoms with Crippen LogP contribution in [0, 0.1) is 0 Å². The first-order chi connectivity index (χ1) is 11.1. The Balaban J connectivity index is 2.12. The van der Waals surface area contributed by atoms with Gasteiger partial charge in [-0.25, -0.2) is 0 Å². The van der Waals surface area contributed by atoms with E-state index in [-0.39, 0.29) is 21.2 Å². The highest BCUT2D eigenvalue weighted by Crippen LogP contribution is 2.31. The van der Waals surface area contributed by atoms with Crippen LogP contribution in [0.3, 0.4) is 0 Å². The summed E-state index contributed by atoms with van der Waals surface area (Å²) in [5, 5.41) is 0.261. The monoisotopic (exact) mass is 372 g/mol. The van der Waals surface area contributed by atoms with Crippen LogP contribution in [0.2, 0.25) is 10.0 Å². The molecule has 1 aromatic carbocycles. The summed E-state index contributed by atoms with van der Waals surface area (Å²) in [5.41, 5.74) is 0.138. The molecule has 0 spiro atoms. The molecule has 0 unspecified atom stereocenters. The molecule has 0 aliphatic carbocycles. The smallest absolute Gasteiger partial charge is 0.326 e. The number of ether oxygens (including phenoxy) is 1. The number of rotatable bonds is 4. The van der Waals surface area contributed by atoms with Crippen molar-refractivity contribution in [1.82, 2.24) is 9.80 Å². The fraction of sp³-hybridized carbons (Fsp3) is 0.333. The SMILES string of the molecule is C[C@@H](OC(=O)CN1C(=O)c2cc(Cl)c(Cl)cc2C1=O)C(=O)N(C)C. The molecule has 3 amide bonds. The lowest BCUT2D eigenvalue weighted by molar-refractivity contribution is -0.158. The molecule has 0 saturated heterocycles. The standard InChI is InChI=1S/C15H14Cl2N2O5/c1-7(13(21)18(2)3)24-12(20)6-19-14(22)8-4-10(16)11(17)5-9(8)15(19)23/h4-5,7H,6H2,1-3H3/t7-/m1/s1. The lowest BCUT2D eigenvalue weighted by Gasteiger charge is -2.19. The zero-order valence-electron chi connectivity index (χ0n) is 13.1. The summed E-state index contributed by atoms with van der Waals surface area (Å²) >= 11 is 11.7. The molecule has 0 radical (unpaired) electrons. The molecule has 24 heavy (non-hydrogen) atoms. The van der Waals surface area contributed by atoms with E-state index in [2.05, 4.69) is 0 Å². The summed E-state index contributed by atoms with van der Waals surface area (Å²) in [7, 11) is 3.04. The van der Waals surface area contributed by atoms with E-state index in [4.69, 9.17) is 27.9 Å². The molecule has 0 N–H and O–H groups in total. The largest absolute Gasteiger partial charge is 0.451 e. The Hall–Kier alpha value is -2.12. The first kappa shape index (κ1) is 18.2. The van der Waals surface area contributed by atoms with Crippen LogP contribution in [-0.4, -0.2) is 60.2 Å². The Morgan fingerprint density at radius 1 is 1.12 bits per heavy atom. The van der Waals surface area contributed by atoms with E-state index in [0.29, 0.717) is 0 Å². The Morgan fingerprint density at radius 3 is 2.00 bits per heavy atom. The molecule has 2 rings (SSSR count). The second-order valence-electron chi connectivity index (χ2n) is 5.37. The van der Waals surface area contributed by atoms with Crippen molar-refractivity contribution < 1.29 is 23.9 Å². The van der Waals surface area contributed by atoms with Gasteiger partial charge in [-0.2, -0.15) is 0 Å². The van der Waals surface area contributed by atoms with Crippen LogP contribution in [0.25, 0.3) is 0 Å². The molecule has 1 heterocycles. The zero-order valence-corrected chi connectivity index (χ0v) is 14.6. The number of nitrogens with zero attached hydrogens (tertiary/aromatic N) is 2. The van der Waals surface area contributed by atoms with Crippen LogP contribution in [0.5, 0.6) is 0 Å². The Morgan fingerprint density at radius 2 is 1.58 bits per heavy atom. The molecule has 0 saturated carbocycles. The predicted octanol–water partition coefficient (Wildman–Crippen LogP) is 1.61. The average molecular weight is 373 g/mol. The van der Waals surface area contributed by atoms with E-state index in [9.17, 15) is 19.2 Å². The zero-order chi connectivity index (χ0) is 18.2. The molecule has 1 aliphatic heterocycles. The van der Waals surface area contributed by atoms with E-state index in [1.165, 1.54) is 38.1 Å². The second-order valence-corrected chi connectivity index (χ2v) is 6.19. The minimum atomic E-state index is -1.02. The number of fused-ring (bicyclic) bond motifs is 1. The van der Waals surface area contributed by atoms with Gasteiger partial charge in [0.05, 0.1) is 21.2 Å². The van der Waals surface area contributed by atoms with Crippen molar-refractivity contribution in [3.05, 3.63) is 33.3 Å². The highest BCUT2D eigenvalue weighted by molar-refractivity contribution is 6.43. The summed E-state index contributed by atoms with van der Waals surface area (Å²) in [5.74, 6) is -2.62. The van der Waals surface area contributed by atoms with Crippen LogP contribution in [0.15, 0.2) is 12.1 Å². The molecule has 7 nitrogen and oxygen atoms in total. The number of imide groups is 1. The van der Waals surface area contributed by atoms with Gasteiger partial charge >= 0.3 is 5.97 Å². The predicted molar refractivity (Wildman–Crippen MR) is 86.1 cm³/mol. The van der Waals surface area contributed by atoms with Crippen molar-refractivity contribution in [2.45, 2.75) is 13.0 Å². The maximum absolute atomic E-state index is 12.3. The highest BCUT2D eigenvalue weighted by Gasteiger charge is 2.38. The molecule has 1 atom stereocenters. The molecule has 128 valence electrons. The molecule has 1 aromatic rings. The van der Waals surface area contributed by atoms with Crippen LogP contribution in [-0.2, 0) is 14.3 Å². The lowest BCUT2D eigenvalue weighted by Crippen LogP contribution is -2.40. The van der Waals surface area contributed by atoms with Gasteiger partial charge in [0.25, 0.3) is 17.7 Å². The number of hydrogen-bond acceptors (Lipinski definition) is 5. The number of likely N-dealkylation sites (N-methyl/N-ethyl adjacent to an activating group) is 1. The third-order valence-corrected chi connectivity index (χ3v) is 4.12. The van der Waals surface area contributed by atoms with Crippen molar-refractivity contribution in [1.29, 1.82) is 0 Å². The Kier molecular flexibility index (Phi) is 5.15. The van der Waals surface area contributed by atoms with Crippen LogP contribution < -0.4 is 0 Å². The minimum absolute atomic E-state index is 0.0691. The molecule has 9 heteroatoms. The maximum Gasteiger partial charge on any atom is 0.326 e. The summed E-state index contributed by atoms with van der Waals surface area (Å²) in [6.45, 7) is 0.800. The topological polar surface area (TPSA) is 84.0 Å². The van der Waals surface area contributed by atoms with Crippen molar-refractivity contribution >= 4 is 46.9 Å². The van der Waals surface area contributed by atoms with E-state index in [1.54, 1.807) is 0 Å². The van der Waals surface area contributed by atoms with Gasteiger partial charge in [-0.15, -0.1) is 0 Å². The minimum Gasteiger partial charge on any atom is -0.451 e. The fourth-order valence-electron chi connectivity index (χ4n) is 2.20. The van der Waals surface area contributed by atoms with Gasteiger partial charge in [0, 0.05) is 14.1 Å². The average Bonchev–Trinajstić information content (AvgIpc) is 2.72. The second kappa shape index (κ2) is 6.78. The highest BCUT2D eigenvalue weighted by atomic mass is 35.5. The first-order valence-corrected chi connectivity index (χ1v) is 7.65. The van der Waals surface area contributed by atoms with Crippen LogP contribution in [0.4, 0.5) is 0 Å². The molecule has 0 fully saturated rings.